The zero-order valence-corrected chi connectivity index (χ0v) is 13.7. The van der Waals surface area contributed by atoms with E-state index in [1.165, 1.54) is 6.07 Å². The SMILES string of the molecule is CC(C)(C)OC(=O)NC1(c2ccc(Br)cc2[N+](=O)[O-])CC1. The van der Waals surface area contributed by atoms with Crippen LogP contribution in [0, 0.1) is 10.1 Å². The summed E-state index contributed by atoms with van der Waals surface area (Å²) in [6, 6.07) is 4.86. The predicted octanol–water partition coefficient (Wildman–Crippen LogP) is 3.87. The van der Waals surface area contributed by atoms with E-state index in [0.29, 0.717) is 22.9 Å². The number of nitrogens with zero attached hydrogens (tertiary/aromatic N) is 1. The quantitative estimate of drug-likeness (QED) is 0.658. The Morgan fingerprint density at radius 1 is 1.43 bits per heavy atom. The second kappa shape index (κ2) is 5.29. The number of hydrogen-bond donors (Lipinski definition) is 1. The van der Waals surface area contributed by atoms with Gasteiger partial charge in [0.25, 0.3) is 5.69 Å². The van der Waals surface area contributed by atoms with Crippen LogP contribution < -0.4 is 5.32 Å². The molecule has 1 aromatic rings. The summed E-state index contributed by atoms with van der Waals surface area (Å²) >= 11 is 3.23. The molecule has 1 aromatic carbocycles. The summed E-state index contributed by atoms with van der Waals surface area (Å²) in [6.45, 7) is 5.32. The van der Waals surface area contributed by atoms with E-state index in [-0.39, 0.29) is 5.69 Å². The third-order valence-electron chi connectivity index (χ3n) is 3.16. The summed E-state index contributed by atoms with van der Waals surface area (Å²) in [5, 5.41) is 14.0. The van der Waals surface area contributed by atoms with Gasteiger partial charge in [0.1, 0.15) is 5.60 Å². The van der Waals surface area contributed by atoms with Gasteiger partial charge in [0.2, 0.25) is 0 Å². The summed E-state index contributed by atoms with van der Waals surface area (Å²) < 4.78 is 5.86. The lowest BCUT2D eigenvalue weighted by Crippen LogP contribution is -2.39. The Morgan fingerprint density at radius 3 is 2.52 bits per heavy atom. The highest BCUT2D eigenvalue weighted by Crippen LogP contribution is 2.49. The van der Waals surface area contributed by atoms with Crippen molar-refractivity contribution in [2.45, 2.75) is 44.8 Å². The van der Waals surface area contributed by atoms with Crippen LogP contribution >= 0.6 is 15.9 Å². The Morgan fingerprint density at radius 2 is 2.05 bits per heavy atom. The molecule has 1 fully saturated rings. The van der Waals surface area contributed by atoms with E-state index in [2.05, 4.69) is 21.2 Å². The Hall–Kier alpha value is -1.63. The highest BCUT2D eigenvalue weighted by Gasteiger charge is 2.50. The zero-order chi connectivity index (χ0) is 15.8. The molecule has 21 heavy (non-hydrogen) atoms. The number of benzene rings is 1. The predicted molar refractivity (Wildman–Crippen MR) is 81.1 cm³/mol. The van der Waals surface area contributed by atoms with Crippen molar-refractivity contribution in [1.82, 2.24) is 5.32 Å². The lowest BCUT2D eigenvalue weighted by Gasteiger charge is -2.23. The lowest BCUT2D eigenvalue weighted by atomic mass is 10.0. The van der Waals surface area contributed by atoms with Crippen LogP contribution in [0.1, 0.15) is 39.2 Å². The first-order valence-corrected chi connectivity index (χ1v) is 7.38. The summed E-state index contributed by atoms with van der Waals surface area (Å²) in [4.78, 5) is 22.7. The summed E-state index contributed by atoms with van der Waals surface area (Å²) in [6.07, 6.45) is 0.765. The fraction of sp³-hybridized carbons (Fsp3) is 0.500. The van der Waals surface area contributed by atoms with Gasteiger partial charge < -0.3 is 10.1 Å². The summed E-state index contributed by atoms with van der Waals surface area (Å²) in [5.41, 5.74) is -0.781. The van der Waals surface area contributed by atoms with E-state index in [1.54, 1.807) is 32.9 Å². The average molecular weight is 357 g/mol. The van der Waals surface area contributed by atoms with E-state index < -0.39 is 22.2 Å². The highest BCUT2D eigenvalue weighted by atomic mass is 79.9. The highest BCUT2D eigenvalue weighted by molar-refractivity contribution is 9.10. The van der Waals surface area contributed by atoms with E-state index in [9.17, 15) is 14.9 Å². The Bertz CT molecular complexity index is 591. The molecule has 0 bridgehead atoms. The fourth-order valence-corrected chi connectivity index (χ4v) is 2.50. The Balaban J connectivity index is 2.25. The smallest absolute Gasteiger partial charge is 0.408 e. The minimum Gasteiger partial charge on any atom is -0.444 e. The molecule has 1 amide bonds. The second-order valence-corrected chi connectivity index (χ2v) is 7.04. The molecule has 1 N–H and O–H groups in total. The van der Waals surface area contributed by atoms with Crippen LogP contribution in [0.4, 0.5) is 10.5 Å². The average Bonchev–Trinajstić information content (AvgIpc) is 3.06. The number of rotatable bonds is 3. The van der Waals surface area contributed by atoms with Gasteiger partial charge >= 0.3 is 6.09 Å². The van der Waals surface area contributed by atoms with Crippen molar-refractivity contribution in [3.63, 3.8) is 0 Å². The van der Waals surface area contributed by atoms with Gasteiger partial charge in [-0.2, -0.15) is 0 Å². The molecular weight excluding hydrogens is 340 g/mol. The largest absolute Gasteiger partial charge is 0.444 e. The van der Waals surface area contributed by atoms with Crippen molar-refractivity contribution < 1.29 is 14.5 Å². The number of carbonyl (C=O) groups is 1. The van der Waals surface area contributed by atoms with Gasteiger partial charge in [-0.1, -0.05) is 15.9 Å². The number of ether oxygens (including phenoxy) is 1. The Labute approximate surface area is 131 Å². The van der Waals surface area contributed by atoms with Crippen molar-refractivity contribution in [2.75, 3.05) is 0 Å². The van der Waals surface area contributed by atoms with Crippen molar-refractivity contribution >= 4 is 27.7 Å². The summed E-state index contributed by atoms with van der Waals surface area (Å²) in [7, 11) is 0. The number of halogens is 1. The molecule has 0 atom stereocenters. The molecule has 0 spiro atoms. The summed E-state index contributed by atoms with van der Waals surface area (Å²) in [5.74, 6) is 0. The van der Waals surface area contributed by atoms with Crippen LogP contribution in [-0.2, 0) is 10.3 Å². The monoisotopic (exact) mass is 356 g/mol. The molecule has 0 radical (unpaired) electrons. The maximum absolute atomic E-state index is 11.9. The van der Waals surface area contributed by atoms with Gasteiger partial charge in [-0.3, -0.25) is 10.1 Å². The molecule has 114 valence electrons. The van der Waals surface area contributed by atoms with Crippen LogP contribution in [0.5, 0.6) is 0 Å². The molecule has 0 heterocycles. The minimum absolute atomic E-state index is 0.00191. The topological polar surface area (TPSA) is 81.5 Å². The standard InChI is InChI=1S/C14H17BrN2O4/c1-13(2,3)21-12(18)16-14(6-7-14)10-5-4-9(15)8-11(10)17(19)20/h4-5,8H,6-7H2,1-3H3,(H,16,18). The van der Waals surface area contributed by atoms with Crippen LogP contribution in [-0.4, -0.2) is 16.6 Å². The lowest BCUT2D eigenvalue weighted by molar-refractivity contribution is -0.386. The van der Waals surface area contributed by atoms with Crippen molar-refractivity contribution in [1.29, 1.82) is 0 Å². The molecule has 6 nitrogen and oxygen atoms in total. The van der Waals surface area contributed by atoms with Gasteiger partial charge in [0.05, 0.1) is 16.0 Å². The maximum Gasteiger partial charge on any atom is 0.408 e. The van der Waals surface area contributed by atoms with E-state index >= 15 is 0 Å². The van der Waals surface area contributed by atoms with Crippen LogP contribution in [0.15, 0.2) is 22.7 Å². The molecule has 0 aromatic heterocycles. The molecule has 0 unspecified atom stereocenters. The first-order valence-electron chi connectivity index (χ1n) is 6.59. The van der Waals surface area contributed by atoms with Gasteiger partial charge in [0, 0.05) is 10.5 Å². The second-order valence-electron chi connectivity index (χ2n) is 6.13. The molecule has 2 rings (SSSR count). The number of nitrogens with one attached hydrogen (secondary N) is 1. The normalized spacial score (nSPS) is 16.2. The molecular formula is C14H17BrN2O4. The van der Waals surface area contributed by atoms with Crippen LogP contribution in [0.25, 0.3) is 0 Å². The minimum atomic E-state index is -0.689. The van der Waals surface area contributed by atoms with Crippen molar-refractivity contribution in [3.05, 3.63) is 38.3 Å². The molecule has 7 heteroatoms. The third-order valence-corrected chi connectivity index (χ3v) is 3.66. The molecule has 0 aliphatic heterocycles. The van der Waals surface area contributed by atoms with Crippen LogP contribution in [0.3, 0.4) is 0 Å². The van der Waals surface area contributed by atoms with Gasteiger partial charge in [0.15, 0.2) is 0 Å². The Kier molecular flexibility index (Phi) is 3.97. The fourth-order valence-electron chi connectivity index (χ4n) is 2.15. The number of nitro benzene ring substituents is 1. The molecule has 1 saturated carbocycles. The van der Waals surface area contributed by atoms with Crippen molar-refractivity contribution in [3.8, 4) is 0 Å². The number of carbonyl (C=O) groups excluding carboxylic acids is 1. The van der Waals surface area contributed by atoms with Gasteiger partial charge in [-0.25, -0.2) is 4.79 Å². The van der Waals surface area contributed by atoms with E-state index in [0.717, 1.165) is 0 Å². The van der Waals surface area contributed by atoms with Crippen LogP contribution in [0.2, 0.25) is 0 Å². The molecule has 1 aliphatic carbocycles. The van der Waals surface area contributed by atoms with E-state index in [1.807, 2.05) is 0 Å². The number of amides is 1. The van der Waals surface area contributed by atoms with Gasteiger partial charge in [-0.05, 0) is 45.7 Å². The first kappa shape index (κ1) is 15.8. The number of hydrogen-bond acceptors (Lipinski definition) is 4. The molecule has 1 aliphatic rings. The molecule has 0 saturated heterocycles. The number of nitro groups is 1. The first-order chi connectivity index (χ1) is 9.63. The maximum atomic E-state index is 11.9. The van der Waals surface area contributed by atoms with Gasteiger partial charge in [-0.15, -0.1) is 0 Å². The number of alkyl carbamates (subject to hydrolysis) is 1. The van der Waals surface area contributed by atoms with E-state index in [4.69, 9.17) is 4.74 Å². The zero-order valence-electron chi connectivity index (χ0n) is 12.1. The third kappa shape index (κ3) is 3.72. The van der Waals surface area contributed by atoms with Crippen molar-refractivity contribution in [2.24, 2.45) is 0 Å².